The second-order valence-electron chi connectivity index (χ2n) is 3.83. The Hall–Kier alpha value is -0.610. The van der Waals surface area contributed by atoms with Crippen molar-refractivity contribution in [2.75, 3.05) is 14.2 Å². The molecule has 4 nitrogen and oxygen atoms in total. The maximum absolute atomic E-state index is 11.3. The van der Waals surface area contributed by atoms with Crippen LogP contribution >= 0.6 is 0 Å². The largest absolute Gasteiger partial charge is 0.354 e. The second kappa shape index (κ2) is 3.27. The van der Waals surface area contributed by atoms with Gasteiger partial charge in [0.1, 0.15) is 0 Å². The molecule has 13 heavy (non-hydrogen) atoms. The van der Waals surface area contributed by atoms with Gasteiger partial charge in [0, 0.05) is 14.2 Å². The Morgan fingerprint density at radius 1 is 1.46 bits per heavy atom. The first kappa shape index (κ1) is 10.5. The number of carbonyl (C=O) groups is 1. The van der Waals surface area contributed by atoms with Crippen LogP contribution in [0, 0.1) is 0 Å². The van der Waals surface area contributed by atoms with Gasteiger partial charge in [-0.3, -0.25) is 4.79 Å². The summed E-state index contributed by atoms with van der Waals surface area (Å²) in [6.07, 6.45) is -0.347. The molecule has 1 aliphatic rings. The van der Waals surface area contributed by atoms with E-state index in [-0.39, 0.29) is 18.1 Å². The van der Waals surface area contributed by atoms with Crippen LogP contribution in [-0.2, 0) is 14.3 Å². The average molecular weight is 187 g/mol. The zero-order valence-electron chi connectivity index (χ0n) is 8.83. The van der Waals surface area contributed by atoms with E-state index < -0.39 is 5.79 Å². The molecule has 0 radical (unpaired) electrons. The Balaban J connectivity index is 2.52. The lowest BCUT2D eigenvalue weighted by Gasteiger charge is -2.45. The molecular formula is C9H17NO3. The smallest absolute Gasteiger partial charge is 0.254 e. The minimum atomic E-state index is -0.685. The molecule has 2 atom stereocenters. The number of likely N-dealkylation sites (N-methyl/N-ethyl adjacent to an activating group) is 1. The van der Waals surface area contributed by atoms with Crippen molar-refractivity contribution in [1.29, 1.82) is 0 Å². The lowest BCUT2D eigenvalue weighted by Crippen LogP contribution is -2.64. The summed E-state index contributed by atoms with van der Waals surface area (Å²) in [7, 11) is 3.34. The highest BCUT2D eigenvalue weighted by Crippen LogP contribution is 2.25. The second-order valence-corrected chi connectivity index (χ2v) is 3.83. The number of ether oxygens (including phenoxy) is 2. The normalized spacial score (nSPS) is 29.0. The summed E-state index contributed by atoms with van der Waals surface area (Å²) in [5.74, 6) is -0.659. The van der Waals surface area contributed by atoms with Crippen molar-refractivity contribution in [3.05, 3.63) is 0 Å². The fraction of sp³-hybridized carbons (Fsp3) is 0.889. The molecule has 1 aliphatic heterocycles. The highest BCUT2D eigenvalue weighted by molar-refractivity contribution is 5.87. The molecule has 0 aromatic carbocycles. The first-order valence-corrected chi connectivity index (χ1v) is 4.38. The molecule has 0 saturated carbocycles. The van der Waals surface area contributed by atoms with Gasteiger partial charge in [-0.25, -0.2) is 0 Å². The van der Waals surface area contributed by atoms with E-state index in [2.05, 4.69) is 0 Å². The van der Waals surface area contributed by atoms with Crippen LogP contribution in [0.25, 0.3) is 0 Å². The highest BCUT2D eigenvalue weighted by atomic mass is 16.7. The third-order valence-corrected chi connectivity index (χ3v) is 2.54. The molecule has 0 bridgehead atoms. The summed E-state index contributed by atoms with van der Waals surface area (Å²) in [5, 5.41) is 0. The fourth-order valence-corrected chi connectivity index (χ4v) is 1.23. The van der Waals surface area contributed by atoms with Crippen LogP contribution in [0.5, 0.6) is 0 Å². The Kier molecular flexibility index (Phi) is 2.63. The van der Waals surface area contributed by atoms with Gasteiger partial charge in [0.2, 0.25) is 0 Å². The molecule has 76 valence electrons. The summed E-state index contributed by atoms with van der Waals surface area (Å²) in [6, 6.07) is 0.141. The molecule has 0 N–H and O–H groups in total. The molecule has 1 rings (SSSR count). The molecule has 0 aromatic rings. The highest BCUT2D eigenvalue weighted by Gasteiger charge is 2.45. The lowest BCUT2D eigenvalue weighted by molar-refractivity contribution is -0.250. The SMILES string of the molecule is COC(C)(C)OC1C(=O)N(C)C1C. The number of hydrogen-bond acceptors (Lipinski definition) is 3. The molecular weight excluding hydrogens is 170 g/mol. The molecule has 0 spiro atoms. The monoisotopic (exact) mass is 187 g/mol. The predicted octanol–water partition coefficient (Wildman–Crippen LogP) is 0.615. The maximum atomic E-state index is 11.3. The van der Waals surface area contributed by atoms with Gasteiger partial charge in [-0.1, -0.05) is 0 Å². The molecule has 2 unspecified atom stereocenters. The van der Waals surface area contributed by atoms with E-state index in [1.807, 2.05) is 6.92 Å². The van der Waals surface area contributed by atoms with E-state index in [9.17, 15) is 4.79 Å². The number of β-lactam (4-membered cyclic amide) rings is 1. The first-order valence-electron chi connectivity index (χ1n) is 4.38. The molecule has 0 aliphatic carbocycles. The number of amides is 1. The van der Waals surface area contributed by atoms with E-state index in [4.69, 9.17) is 9.47 Å². The van der Waals surface area contributed by atoms with Gasteiger partial charge in [-0.15, -0.1) is 0 Å². The molecule has 1 fully saturated rings. The Bertz CT molecular complexity index is 215. The summed E-state index contributed by atoms with van der Waals surface area (Å²) in [4.78, 5) is 13.0. The van der Waals surface area contributed by atoms with Gasteiger partial charge in [0.15, 0.2) is 11.9 Å². The van der Waals surface area contributed by atoms with Crippen molar-refractivity contribution in [3.8, 4) is 0 Å². The van der Waals surface area contributed by atoms with Crippen LogP contribution in [0.3, 0.4) is 0 Å². The van der Waals surface area contributed by atoms with Gasteiger partial charge in [-0.05, 0) is 20.8 Å². The van der Waals surface area contributed by atoms with Crippen molar-refractivity contribution in [2.24, 2.45) is 0 Å². The van der Waals surface area contributed by atoms with Crippen LogP contribution in [-0.4, -0.2) is 42.9 Å². The number of nitrogens with zero attached hydrogens (tertiary/aromatic N) is 1. The molecule has 4 heteroatoms. The van der Waals surface area contributed by atoms with Crippen LogP contribution in [0.2, 0.25) is 0 Å². The van der Waals surface area contributed by atoms with Gasteiger partial charge >= 0.3 is 0 Å². The number of rotatable bonds is 3. The lowest BCUT2D eigenvalue weighted by atomic mass is 10.0. The third kappa shape index (κ3) is 1.84. The van der Waals surface area contributed by atoms with Crippen molar-refractivity contribution < 1.29 is 14.3 Å². The quantitative estimate of drug-likeness (QED) is 0.480. The van der Waals surface area contributed by atoms with Crippen LogP contribution in [0.15, 0.2) is 0 Å². The Morgan fingerprint density at radius 2 is 2.00 bits per heavy atom. The Morgan fingerprint density at radius 3 is 2.38 bits per heavy atom. The van der Waals surface area contributed by atoms with E-state index in [1.165, 1.54) is 0 Å². The minimum absolute atomic E-state index is 0.0256. The summed E-state index contributed by atoms with van der Waals surface area (Å²) in [5.41, 5.74) is 0. The minimum Gasteiger partial charge on any atom is -0.354 e. The predicted molar refractivity (Wildman–Crippen MR) is 48.2 cm³/mol. The van der Waals surface area contributed by atoms with Crippen molar-refractivity contribution >= 4 is 5.91 Å². The van der Waals surface area contributed by atoms with E-state index in [0.717, 1.165) is 0 Å². The number of methoxy groups -OCH3 is 1. The van der Waals surface area contributed by atoms with Crippen LogP contribution in [0.4, 0.5) is 0 Å². The fourth-order valence-electron chi connectivity index (χ4n) is 1.23. The maximum Gasteiger partial charge on any atom is 0.254 e. The first-order chi connectivity index (χ1) is 5.89. The number of carbonyl (C=O) groups excluding carboxylic acids is 1. The van der Waals surface area contributed by atoms with E-state index in [1.54, 1.807) is 32.9 Å². The van der Waals surface area contributed by atoms with Crippen LogP contribution < -0.4 is 0 Å². The van der Waals surface area contributed by atoms with Gasteiger partial charge < -0.3 is 14.4 Å². The van der Waals surface area contributed by atoms with Gasteiger partial charge in [0.25, 0.3) is 5.91 Å². The zero-order chi connectivity index (χ0) is 10.2. The molecule has 0 aromatic heterocycles. The zero-order valence-corrected chi connectivity index (χ0v) is 8.83. The number of hydrogen-bond donors (Lipinski definition) is 0. The van der Waals surface area contributed by atoms with Crippen molar-refractivity contribution in [1.82, 2.24) is 4.90 Å². The summed E-state index contributed by atoms with van der Waals surface area (Å²) < 4.78 is 10.6. The molecule has 1 heterocycles. The summed E-state index contributed by atoms with van der Waals surface area (Å²) in [6.45, 7) is 5.55. The third-order valence-electron chi connectivity index (χ3n) is 2.54. The van der Waals surface area contributed by atoms with Crippen LogP contribution in [0.1, 0.15) is 20.8 Å². The average Bonchev–Trinajstić information content (AvgIpc) is 2.12. The van der Waals surface area contributed by atoms with E-state index in [0.29, 0.717) is 0 Å². The van der Waals surface area contributed by atoms with Crippen molar-refractivity contribution in [3.63, 3.8) is 0 Å². The summed E-state index contributed by atoms with van der Waals surface area (Å²) >= 11 is 0. The number of likely N-dealkylation sites (tertiary alicyclic amines) is 1. The van der Waals surface area contributed by atoms with Crippen molar-refractivity contribution in [2.45, 2.75) is 38.7 Å². The molecule has 1 amide bonds. The van der Waals surface area contributed by atoms with Gasteiger partial charge in [0.05, 0.1) is 6.04 Å². The van der Waals surface area contributed by atoms with E-state index >= 15 is 0 Å². The van der Waals surface area contributed by atoms with Gasteiger partial charge in [-0.2, -0.15) is 0 Å². The topological polar surface area (TPSA) is 38.8 Å². The molecule has 1 saturated heterocycles. The Labute approximate surface area is 78.8 Å². The standard InChI is InChI=1S/C9H17NO3/c1-6-7(8(11)10(6)4)13-9(2,3)12-5/h6-7H,1-5H3.